The van der Waals surface area contributed by atoms with E-state index in [0.29, 0.717) is 29.0 Å². The van der Waals surface area contributed by atoms with Crippen LogP contribution in [0.5, 0.6) is 0 Å². The monoisotopic (exact) mass is 202 g/mol. The van der Waals surface area contributed by atoms with Crippen molar-refractivity contribution in [3.63, 3.8) is 0 Å². The number of ketones is 1. The Bertz CT molecular complexity index is 406. The van der Waals surface area contributed by atoms with Crippen molar-refractivity contribution in [3.05, 3.63) is 12.2 Å². The van der Waals surface area contributed by atoms with Crippen molar-refractivity contribution in [2.75, 3.05) is 0 Å². The summed E-state index contributed by atoms with van der Waals surface area (Å²) in [6.07, 6.45) is 5.98. The Balaban J connectivity index is 1.91. The van der Waals surface area contributed by atoms with Gasteiger partial charge in [0.25, 0.3) is 0 Å². The molecule has 80 valence electrons. The highest BCUT2D eigenvalue weighted by molar-refractivity contribution is 5.95. The van der Waals surface area contributed by atoms with Gasteiger partial charge in [-0.05, 0) is 35.5 Å². The molecule has 15 heavy (non-hydrogen) atoms. The zero-order valence-corrected chi connectivity index (χ0v) is 9.66. The first-order valence-electron chi connectivity index (χ1n) is 6.21. The number of hydrogen-bond donors (Lipinski definition) is 0. The van der Waals surface area contributed by atoms with Gasteiger partial charge >= 0.3 is 0 Å². The summed E-state index contributed by atoms with van der Waals surface area (Å²) in [6.45, 7) is 6.76. The van der Waals surface area contributed by atoms with Crippen molar-refractivity contribution in [3.8, 4) is 0 Å². The summed E-state index contributed by atoms with van der Waals surface area (Å²) in [5.41, 5.74) is 0.349. The molecule has 0 spiro atoms. The molecular weight excluding hydrogens is 184 g/mol. The van der Waals surface area contributed by atoms with Gasteiger partial charge in [0.05, 0.1) is 0 Å². The first-order valence-corrected chi connectivity index (χ1v) is 6.21. The number of fused-ring (bicyclic) bond motifs is 4. The van der Waals surface area contributed by atoms with Crippen LogP contribution in [0, 0.1) is 40.4 Å². The van der Waals surface area contributed by atoms with Gasteiger partial charge in [0.15, 0.2) is 0 Å². The Kier molecular flexibility index (Phi) is 1.12. The molecule has 0 aromatic carbocycles. The number of carbonyl (C=O) groups is 1. The summed E-state index contributed by atoms with van der Waals surface area (Å²) in [6, 6.07) is 0. The Morgan fingerprint density at radius 3 is 2.80 bits per heavy atom. The first-order chi connectivity index (χ1) is 7.00. The van der Waals surface area contributed by atoms with Crippen molar-refractivity contribution >= 4 is 5.78 Å². The van der Waals surface area contributed by atoms with E-state index in [1.165, 1.54) is 6.42 Å². The van der Waals surface area contributed by atoms with E-state index in [1.807, 2.05) is 0 Å². The molecule has 1 nitrogen and oxygen atoms in total. The molecule has 4 aliphatic carbocycles. The van der Waals surface area contributed by atoms with Gasteiger partial charge in [-0.25, -0.2) is 0 Å². The maximum atomic E-state index is 12.3. The second-order valence-electron chi connectivity index (χ2n) is 6.84. The zero-order valence-electron chi connectivity index (χ0n) is 9.66. The molecule has 4 rings (SSSR count). The number of rotatable bonds is 0. The van der Waals surface area contributed by atoms with Gasteiger partial charge in [0.1, 0.15) is 5.78 Å². The van der Waals surface area contributed by atoms with Crippen molar-refractivity contribution in [2.24, 2.45) is 40.4 Å². The summed E-state index contributed by atoms with van der Waals surface area (Å²) in [4.78, 5) is 12.3. The minimum absolute atomic E-state index is 0.0403. The number of allylic oxidation sites excluding steroid dienone is 2. The second-order valence-corrected chi connectivity index (χ2v) is 6.84. The highest BCUT2D eigenvalue weighted by Crippen LogP contribution is 2.84. The predicted octanol–water partition coefficient (Wildman–Crippen LogP) is 2.67. The lowest BCUT2D eigenvalue weighted by Crippen LogP contribution is -2.33. The molecule has 3 saturated carbocycles. The van der Waals surface area contributed by atoms with E-state index >= 15 is 0 Å². The topological polar surface area (TPSA) is 17.1 Å². The molecule has 1 heteroatoms. The van der Waals surface area contributed by atoms with E-state index in [1.54, 1.807) is 0 Å². The van der Waals surface area contributed by atoms with E-state index in [9.17, 15) is 4.79 Å². The largest absolute Gasteiger partial charge is 0.299 e. The van der Waals surface area contributed by atoms with Gasteiger partial charge in [-0.3, -0.25) is 4.79 Å². The van der Waals surface area contributed by atoms with E-state index in [4.69, 9.17) is 0 Å². The summed E-state index contributed by atoms with van der Waals surface area (Å²) in [7, 11) is 0. The first kappa shape index (κ1) is 8.55. The summed E-state index contributed by atoms with van der Waals surface area (Å²) in [5, 5.41) is 0. The number of carbonyl (C=O) groups excluding carboxylic acids is 1. The lowest BCUT2D eigenvalue weighted by molar-refractivity contribution is -0.128. The van der Waals surface area contributed by atoms with Crippen LogP contribution in [-0.4, -0.2) is 5.78 Å². The normalized spacial score (nSPS) is 62.1. The van der Waals surface area contributed by atoms with Crippen LogP contribution in [0.25, 0.3) is 0 Å². The number of hydrogen-bond acceptors (Lipinski definition) is 1. The maximum absolute atomic E-state index is 12.3. The van der Waals surface area contributed by atoms with Crippen molar-refractivity contribution < 1.29 is 4.79 Å². The molecule has 0 unspecified atom stereocenters. The van der Waals surface area contributed by atoms with Crippen molar-refractivity contribution in [1.29, 1.82) is 0 Å². The molecule has 0 bridgehead atoms. The molecule has 6 atom stereocenters. The molecule has 0 N–H and O–H groups in total. The number of Topliss-reactive ketones (excluding diaryl/α,β-unsaturated/α-hetero) is 1. The van der Waals surface area contributed by atoms with Crippen LogP contribution in [-0.2, 0) is 4.79 Å². The molecule has 3 fully saturated rings. The third-order valence-corrected chi connectivity index (χ3v) is 6.11. The molecule has 0 saturated heterocycles. The van der Waals surface area contributed by atoms with E-state index in [0.717, 1.165) is 11.8 Å². The molecule has 0 aromatic rings. The van der Waals surface area contributed by atoms with Crippen LogP contribution in [0.3, 0.4) is 0 Å². The van der Waals surface area contributed by atoms with Gasteiger partial charge in [0.2, 0.25) is 0 Å². The second kappa shape index (κ2) is 1.97. The van der Waals surface area contributed by atoms with Gasteiger partial charge in [0, 0.05) is 11.3 Å². The van der Waals surface area contributed by atoms with Crippen LogP contribution in [0.2, 0.25) is 0 Å². The fourth-order valence-corrected chi connectivity index (χ4v) is 5.81. The van der Waals surface area contributed by atoms with Crippen molar-refractivity contribution in [2.45, 2.75) is 27.2 Å². The Labute approximate surface area is 90.9 Å². The Morgan fingerprint density at radius 2 is 2.07 bits per heavy atom. The maximum Gasteiger partial charge on any atom is 0.142 e. The third-order valence-electron chi connectivity index (χ3n) is 6.11. The molecule has 0 aromatic heterocycles. The van der Waals surface area contributed by atoms with E-state index < -0.39 is 0 Å². The quantitative estimate of drug-likeness (QED) is 0.552. The summed E-state index contributed by atoms with van der Waals surface area (Å²) in [5.74, 6) is 3.90. The van der Waals surface area contributed by atoms with Crippen LogP contribution in [0.4, 0.5) is 0 Å². The smallest absolute Gasteiger partial charge is 0.142 e. The van der Waals surface area contributed by atoms with Gasteiger partial charge in [-0.15, -0.1) is 0 Å². The average molecular weight is 202 g/mol. The van der Waals surface area contributed by atoms with E-state index in [-0.39, 0.29) is 5.41 Å². The Hall–Kier alpha value is -0.590. The minimum atomic E-state index is -0.0403. The summed E-state index contributed by atoms with van der Waals surface area (Å²) < 4.78 is 0. The molecule has 0 amide bonds. The van der Waals surface area contributed by atoms with E-state index in [2.05, 4.69) is 32.9 Å². The zero-order chi connectivity index (χ0) is 10.6. The fourth-order valence-electron chi connectivity index (χ4n) is 5.81. The molecule has 0 aliphatic heterocycles. The fraction of sp³-hybridized carbons (Fsp3) is 0.786. The predicted molar refractivity (Wildman–Crippen MR) is 58.1 cm³/mol. The Morgan fingerprint density at radius 1 is 1.33 bits per heavy atom. The van der Waals surface area contributed by atoms with Crippen LogP contribution in [0.15, 0.2) is 12.2 Å². The standard InChI is InChI=1S/C14H18O/c1-13(2)11-8-6-4-5-7(8)9-10(12(13)15)14(9,11)3/h4-5,7-11H,6H2,1-3H3/t7-,8+,9+,10-,11+,14-/m1/s1. The van der Waals surface area contributed by atoms with Crippen LogP contribution >= 0.6 is 0 Å². The molecular formula is C14H18O. The SMILES string of the molecule is CC1(C)C(=O)[C@H]2[C@@H]3[C@@H]4C=CC[C@@H]4[C@@H]1[C@]32C. The van der Waals surface area contributed by atoms with Gasteiger partial charge in [-0.2, -0.15) is 0 Å². The third kappa shape index (κ3) is 0.612. The molecule has 0 radical (unpaired) electrons. The highest BCUT2D eigenvalue weighted by atomic mass is 16.1. The minimum Gasteiger partial charge on any atom is -0.299 e. The lowest BCUT2D eigenvalue weighted by Gasteiger charge is -2.33. The molecule has 4 aliphatic rings. The summed E-state index contributed by atoms with van der Waals surface area (Å²) >= 11 is 0. The van der Waals surface area contributed by atoms with Gasteiger partial charge in [-0.1, -0.05) is 32.9 Å². The van der Waals surface area contributed by atoms with Crippen molar-refractivity contribution in [1.82, 2.24) is 0 Å². The highest BCUT2D eigenvalue weighted by Gasteiger charge is 2.84. The average Bonchev–Trinajstić information content (AvgIpc) is 2.45. The van der Waals surface area contributed by atoms with Gasteiger partial charge < -0.3 is 0 Å². The van der Waals surface area contributed by atoms with Crippen LogP contribution in [0.1, 0.15) is 27.2 Å². The molecule has 0 heterocycles. The van der Waals surface area contributed by atoms with Crippen LogP contribution < -0.4 is 0 Å². The lowest BCUT2D eigenvalue weighted by atomic mass is 9.70.